The maximum absolute atomic E-state index is 5.71. The molecule has 1 fully saturated rings. The van der Waals surface area contributed by atoms with Gasteiger partial charge in [0.1, 0.15) is 5.82 Å². The Labute approximate surface area is 109 Å². The van der Waals surface area contributed by atoms with Crippen molar-refractivity contribution in [2.45, 2.75) is 45.4 Å². The van der Waals surface area contributed by atoms with Crippen LogP contribution in [0.4, 0.5) is 5.95 Å². The van der Waals surface area contributed by atoms with Crippen molar-refractivity contribution >= 4 is 5.95 Å². The quantitative estimate of drug-likeness (QED) is 0.838. The van der Waals surface area contributed by atoms with Crippen LogP contribution in [0.2, 0.25) is 0 Å². The van der Waals surface area contributed by atoms with Gasteiger partial charge in [0.25, 0.3) is 0 Å². The van der Waals surface area contributed by atoms with Crippen molar-refractivity contribution in [2.24, 2.45) is 11.7 Å². The second-order valence-electron chi connectivity index (χ2n) is 5.38. The normalized spacial score (nSPS) is 19.2. The molecule has 2 rings (SSSR count). The summed E-state index contributed by atoms with van der Waals surface area (Å²) in [6.07, 6.45) is 4.65. The van der Waals surface area contributed by atoms with Crippen LogP contribution in [0.5, 0.6) is 0 Å². The number of aromatic nitrogens is 3. The van der Waals surface area contributed by atoms with Crippen LogP contribution in [0.3, 0.4) is 0 Å². The second-order valence-corrected chi connectivity index (χ2v) is 5.38. The number of nitrogens with one attached hydrogen (secondary N) is 1. The molecule has 0 bridgehead atoms. The molecule has 102 valence electrons. The molecule has 1 aromatic rings. The topological polar surface area (TPSA) is 70.8 Å². The zero-order valence-corrected chi connectivity index (χ0v) is 11.5. The summed E-state index contributed by atoms with van der Waals surface area (Å²) in [6, 6.07) is 0. The van der Waals surface area contributed by atoms with Gasteiger partial charge in [0.15, 0.2) is 0 Å². The number of nitrogens with two attached hydrogens (primary N) is 1. The maximum Gasteiger partial charge on any atom is 0.244 e. The van der Waals surface area contributed by atoms with E-state index in [2.05, 4.69) is 33.9 Å². The van der Waals surface area contributed by atoms with Crippen LogP contribution in [0.15, 0.2) is 0 Å². The van der Waals surface area contributed by atoms with Gasteiger partial charge < -0.3 is 10.6 Å². The highest BCUT2D eigenvalue weighted by Crippen LogP contribution is 2.22. The summed E-state index contributed by atoms with van der Waals surface area (Å²) in [7, 11) is 0. The molecule has 5 nitrogen and oxygen atoms in total. The summed E-state index contributed by atoms with van der Waals surface area (Å²) < 4.78 is 0. The van der Waals surface area contributed by atoms with Crippen LogP contribution in [-0.2, 0) is 0 Å². The van der Waals surface area contributed by atoms with E-state index >= 15 is 0 Å². The van der Waals surface area contributed by atoms with E-state index in [-0.39, 0.29) is 0 Å². The van der Waals surface area contributed by atoms with Crippen molar-refractivity contribution in [1.82, 2.24) is 15.2 Å². The molecule has 18 heavy (non-hydrogen) atoms. The van der Waals surface area contributed by atoms with Crippen molar-refractivity contribution in [3.8, 4) is 0 Å². The number of nitrogens with zero attached hydrogens (tertiary/aromatic N) is 3. The highest BCUT2D eigenvalue weighted by molar-refractivity contribution is 5.29. The minimum Gasteiger partial charge on any atom is -0.340 e. The lowest BCUT2D eigenvalue weighted by Crippen LogP contribution is -2.36. The summed E-state index contributed by atoms with van der Waals surface area (Å²) in [6.45, 7) is 7.27. The van der Waals surface area contributed by atoms with Gasteiger partial charge in [-0.15, -0.1) is 5.10 Å². The molecule has 0 saturated carbocycles. The molecular weight excluding hydrogens is 226 g/mol. The van der Waals surface area contributed by atoms with E-state index < -0.39 is 0 Å². The van der Waals surface area contributed by atoms with Crippen molar-refractivity contribution in [1.29, 1.82) is 0 Å². The fraction of sp³-hybridized carbons (Fsp3) is 0.846. The monoisotopic (exact) mass is 251 g/mol. The zero-order chi connectivity index (χ0) is 13.0. The van der Waals surface area contributed by atoms with Crippen molar-refractivity contribution in [2.75, 3.05) is 24.5 Å². The van der Waals surface area contributed by atoms with Gasteiger partial charge >= 0.3 is 0 Å². The first-order chi connectivity index (χ1) is 8.74. The molecule has 1 aromatic heterocycles. The standard InChI is InChI=1S/C13H25N5/c1-3-4-10(2)12-15-13(17-16-12)18-7-5-11(9-14)6-8-18/h10-11H,3-9,14H2,1-2H3,(H,15,16,17). The van der Waals surface area contributed by atoms with Gasteiger partial charge in [-0.2, -0.15) is 4.98 Å². The van der Waals surface area contributed by atoms with E-state index in [9.17, 15) is 0 Å². The van der Waals surface area contributed by atoms with E-state index in [1.807, 2.05) is 0 Å². The van der Waals surface area contributed by atoms with Gasteiger partial charge in [-0.25, -0.2) is 0 Å². The van der Waals surface area contributed by atoms with Gasteiger partial charge in [0, 0.05) is 19.0 Å². The van der Waals surface area contributed by atoms with Gasteiger partial charge in [-0.1, -0.05) is 20.3 Å². The predicted molar refractivity (Wildman–Crippen MR) is 73.7 cm³/mol. The first-order valence-electron chi connectivity index (χ1n) is 7.11. The van der Waals surface area contributed by atoms with E-state index in [1.54, 1.807) is 0 Å². The molecule has 0 aliphatic carbocycles. The summed E-state index contributed by atoms with van der Waals surface area (Å²) in [4.78, 5) is 6.90. The summed E-state index contributed by atoms with van der Waals surface area (Å²) in [5.41, 5.74) is 5.71. The molecule has 0 amide bonds. The summed E-state index contributed by atoms with van der Waals surface area (Å²) >= 11 is 0. The Kier molecular flexibility index (Phi) is 4.58. The molecule has 0 spiro atoms. The number of hydrogen-bond donors (Lipinski definition) is 2. The molecule has 1 unspecified atom stereocenters. The van der Waals surface area contributed by atoms with E-state index in [4.69, 9.17) is 5.73 Å². The molecule has 5 heteroatoms. The Morgan fingerprint density at radius 1 is 1.44 bits per heavy atom. The van der Waals surface area contributed by atoms with Gasteiger partial charge in [-0.3, -0.25) is 5.10 Å². The molecule has 0 radical (unpaired) electrons. The van der Waals surface area contributed by atoms with Gasteiger partial charge in [-0.05, 0) is 31.7 Å². The van der Waals surface area contributed by atoms with Gasteiger partial charge in [0.05, 0.1) is 0 Å². The smallest absolute Gasteiger partial charge is 0.244 e. The first kappa shape index (κ1) is 13.3. The molecule has 3 N–H and O–H groups in total. The van der Waals surface area contributed by atoms with E-state index in [1.165, 1.54) is 6.42 Å². The first-order valence-corrected chi connectivity index (χ1v) is 7.11. The molecule has 1 atom stereocenters. The Hall–Kier alpha value is -1.10. The Bertz CT molecular complexity index is 354. The number of anilines is 1. The average molecular weight is 251 g/mol. The van der Waals surface area contributed by atoms with Crippen LogP contribution in [0.1, 0.15) is 51.3 Å². The van der Waals surface area contributed by atoms with Crippen LogP contribution in [-0.4, -0.2) is 34.8 Å². The third-order valence-electron chi connectivity index (χ3n) is 3.91. The molecule has 1 aliphatic rings. The fourth-order valence-electron chi connectivity index (χ4n) is 2.57. The lowest BCUT2D eigenvalue weighted by atomic mass is 9.97. The molecular formula is C13H25N5. The molecule has 1 saturated heterocycles. The van der Waals surface area contributed by atoms with E-state index in [0.717, 1.165) is 50.7 Å². The Morgan fingerprint density at radius 3 is 2.78 bits per heavy atom. The van der Waals surface area contributed by atoms with Crippen LogP contribution in [0, 0.1) is 5.92 Å². The Morgan fingerprint density at radius 2 is 2.17 bits per heavy atom. The SMILES string of the molecule is CCCC(C)c1nc(N2CCC(CN)CC2)n[nH]1. The van der Waals surface area contributed by atoms with Crippen LogP contribution < -0.4 is 10.6 Å². The zero-order valence-electron chi connectivity index (χ0n) is 11.5. The van der Waals surface area contributed by atoms with Crippen molar-refractivity contribution in [3.63, 3.8) is 0 Å². The number of H-pyrrole nitrogens is 1. The van der Waals surface area contributed by atoms with Crippen molar-refractivity contribution in [3.05, 3.63) is 5.82 Å². The third-order valence-corrected chi connectivity index (χ3v) is 3.91. The lowest BCUT2D eigenvalue weighted by Gasteiger charge is -2.30. The average Bonchev–Trinajstić information content (AvgIpc) is 2.89. The number of aromatic amines is 1. The van der Waals surface area contributed by atoms with Crippen molar-refractivity contribution < 1.29 is 0 Å². The summed E-state index contributed by atoms with van der Waals surface area (Å²) in [5, 5.41) is 7.44. The predicted octanol–water partition coefficient (Wildman–Crippen LogP) is 1.88. The molecule has 0 aromatic carbocycles. The number of piperidine rings is 1. The van der Waals surface area contributed by atoms with Gasteiger partial charge in [0.2, 0.25) is 5.95 Å². The second kappa shape index (κ2) is 6.18. The van der Waals surface area contributed by atoms with Crippen LogP contribution >= 0.6 is 0 Å². The third kappa shape index (κ3) is 3.02. The minimum atomic E-state index is 0.470. The number of hydrogen-bond acceptors (Lipinski definition) is 4. The lowest BCUT2D eigenvalue weighted by molar-refractivity contribution is 0.411. The Balaban J connectivity index is 1.94. The highest BCUT2D eigenvalue weighted by atomic mass is 15.4. The maximum atomic E-state index is 5.71. The van der Waals surface area contributed by atoms with Crippen LogP contribution in [0.25, 0.3) is 0 Å². The molecule has 1 aliphatic heterocycles. The fourth-order valence-corrected chi connectivity index (χ4v) is 2.57. The summed E-state index contributed by atoms with van der Waals surface area (Å²) in [5.74, 6) is 3.03. The largest absolute Gasteiger partial charge is 0.340 e. The molecule has 2 heterocycles. The number of rotatable bonds is 5. The minimum absolute atomic E-state index is 0.470. The van der Waals surface area contributed by atoms with E-state index in [0.29, 0.717) is 11.8 Å². The highest BCUT2D eigenvalue weighted by Gasteiger charge is 2.21.